The minimum atomic E-state index is -0.108. The highest BCUT2D eigenvalue weighted by atomic mass is 79.9. The van der Waals surface area contributed by atoms with E-state index in [4.69, 9.17) is 0 Å². The summed E-state index contributed by atoms with van der Waals surface area (Å²) < 4.78 is 0.988. The van der Waals surface area contributed by atoms with Crippen LogP contribution in [0, 0.1) is 11.8 Å². The summed E-state index contributed by atoms with van der Waals surface area (Å²) in [6.07, 6.45) is 6.18. The van der Waals surface area contributed by atoms with Gasteiger partial charge in [0.05, 0.1) is 0 Å². The zero-order valence-corrected chi connectivity index (χ0v) is 17.0. The Hall–Kier alpha value is -1.44. The van der Waals surface area contributed by atoms with Crippen LogP contribution < -0.4 is 16.2 Å². The van der Waals surface area contributed by atoms with Crippen LogP contribution in [0.4, 0.5) is 5.69 Å². The van der Waals surface area contributed by atoms with Crippen molar-refractivity contribution in [2.24, 2.45) is 11.8 Å². The number of anilines is 1. The van der Waals surface area contributed by atoms with Crippen LogP contribution in [-0.4, -0.2) is 41.9 Å². The molecule has 1 aliphatic carbocycles. The average Bonchev–Trinajstić information content (AvgIpc) is 3.13. The molecule has 2 saturated heterocycles. The fourth-order valence-electron chi connectivity index (χ4n) is 4.62. The SMILES string of the molecule is O=C(Nc1ccc(Br)cc1)C1CCN(C(=O)C2NNC3CCCCC32)CC1. The average molecular weight is 435 g/mol. The van der Waals surface area contributed by atoms with Crippen LogP contribution in [0.15, 0.2) is 28.7 Å². The van der Waals surface area contributed by atoms with Gasteiger partial charge in [0.2, 0.25) is 11.8 Å². The van der Waals surface area contributed by atoms with E-state index in [-0.39, 0.29) is 23.8 Å². The summed E-state index contributed by atoms with van der Waals surface area (Å²) in [5, 5.41) is 2.99. The van der Waals surface area contributed by atoms with Crippen molar-refractivity contribution in [1.82, 2.24) is 15.8 Å². The predicted molar refractivity (Wildman–Crippen MR) is 108 cm³/mol. The summed E-state index contributed by atoms with van der Waals surface area (Å²) in [5.74, 6) is 0.626. The number of halogens is 1. The number of fused-ring (bicyclic) bond motifs is 1. The van der Waals surface area contributed by atoms with Crippen LogP contribution in [0.3, 0.4) is 0 Å². The number of rotatable bonds is 3. The first kappa shape index (κ1) is 18.9. The molecule has 6 nitrogen and oxygen atoms in total. The predicted octanol–water partition coefficient (Wildman–Crippen LogP) is 2.66. The second-order valence-electron chi connectivity index (χ2n) is 7.92. The molecule has 0 spiro atoms. The molecule has 0 radical (unpaired) electrons. The highest BCUT2D eigenvalue weighted by Gasteiger charge is 2.43. The summed E-state index contributed by atoms with van der Waals surface area (Å²) in [7, 11) is 0. The number of carbonyl (C=O) groups is 2. The van der Waals surface area contributed by atoms with Gasteiger partial charge in [0.25, 0.3) is 0 Å². The lowest BCUT2D eigenvalue weighted by Gasteiger charge is -2.35. The number of benzene rings is 1. The molecule has 3 unspecified atom stereocenters. The van der Waals surface area contributed by atoms with Gasteiger partial charge < -0.3 is 10.2 Å². The van der Waals surface area contributed by atoms with E-state index in [9.17, 15) is 9.59 Å². The van der Waals surface area contributed by atoms with E-state index in [1.54, 1.807) is 0 Å². The molecule has 27 heavy (non-hydrogen) atoms. The number of hydrogen-bond donors (Lipinski definition) is 3. The molecule has 1 aromatic carbocycles. The zero-order valence-electron chi connectivity index (χ0n) is 15.4. The molecule has 3 N–H and O–H groups in total. The molecule has 2 aliphatic heterocycles. The molecule has 146 valence electrons. The van der Waals surface area contributed by atoms with Crippen molar-refractivity contribution >= 4 is 33.4 Å². The molecule has 1 saturated carbocycles. The number of amides is 2. The molecule has 0 aromatic heterocycles. The fraction of sp³-hybridized carbons (Fsp3) is 0.600. The second kappa shape index (κ2) is 8.29. The summed E-state index contributed by atoms with van der Waals surface area (Å²) in [6, 6.07) is 7.93. The Kier molecular flexibility index (Phi) is 5.80. The van der Waals surface area contributed by atoms with Gasteiger partial charge in [-0.05, 0) is 49.9 Å². The topological polar surface area (TPSA) is 73.5 Å². The van der Waals surface area contributed by atoms with Crippen molar-refractivity contribution < 1.29 is 9.59 Å². The number of nitrogens with zero attached hydrogens (tertiary/aromatic N) is 1. The summed E-state index contributed by atoms with van der Waals surface area (Å²) in [6.45, 7) is 1.32. The van der Waals surface area contributed by atoms with Gasteiger partial charge in [0.15, 0.2) is 0 Å². The number of likely N-dealkylation sites (tertiary alicyclic amines) is 1. The van der Waals surface area contributed by atoms with Gasteiger partial charge in [-0.2, -0.15) is 0 Å². The third-order valence-corrected chi connectivity index (χ3v) is 6.76. The highest BCUT2D eigenvalue weighted by Crippen LogP contribution is 2.31. The van der Waals surface area contributed by atoms with Crippen molar-refractivity contribution in [3.05, 3.63) is 28.7 Å². The molecular formula is C20H27BrN4O2. The van der Waals surface area contributed by atoms with E-state index in [1.807, 2.05) is 29.2 Å². The molecule has 3 fully saturated rings. The van der Waals surface area contributed by atoms with Crippen LogP contribution in [0.5, 0.6) is 0 Å². The Bertz CT molecular complexity index is 688. The monoisotopic (exact) mass is 434 g/mol. The Labute approximate surface area is 168 Å². The maximum Gasteiger partial charge on any atom is 0.241 e. The summed E-state index contributed by atoms with van der Waals surface area (Å²) in [4.78, 5) is 27.4. The number of carbonyl (C=O) groups excluding carboxylic acids is 2. The van der Waals surface area contributed by atoms with E-state index < -0.39 is 0 Å². The van der Waals surface area contributed by atoms with Crippen molar-refractivity contribution in [3.63, 3.8) is 0 Å². The van der Waals surface area contributed by atoms with Gasteiger partial charge in [-0.3, -0.25) is 15.0 Å². The molecule has 3 aliphatic rings. The number of piperidine rings is 1. The molecule has 4 rings (SSSR count). The van der Waals surface area contributed by atoms with Crippen LogP contribution in [-0.2, 0) is 9.59 Å². The smallest absolute Gasteiger partial charge is 0.241 e. The zero-order chi connectivity index (χ0) is 18.8. The third kappa shape index (κ3) is 4.20. The van der Waals surface area contributed by atoms with Crippen LogP contribution in [0.2, 0.25) is 0 Å². The first-order valence-electron chi connectivity index (χ1n) is 9.98. The van der Waals surface area contributed by atoms with Crippen molar-refractivity contribution in [3.8, 4) is 0 Å². The van der Waals surface area contributed by atoms with Gasteiger partial charge in [-0.15, -0.1) is 0 Å². The minimum Gasteiger partial charge on any atom is -0.341 e. The maximum atomic E-state index is 13.0. The quantitative estimate of drug-likeness (QED) is 0.683. The Morgan fingerprint density at radius 2 is 1.70 bits per heavy atom. The third-order valence-electron chi connectivity index (χ3n) is 6.23. The van der Waals surface area contributed by atoms with Crippen molar-refractivity contribution in [2.75, 3.05) is 18.4 Å². The number of hydrogen-bond acceptors (Lipinski definition) is 4. The molecule has 2 heterocycles. The van der Waals surface area contributed by atoms with E-state index in [2.05, 4.69) is 32.1 Å². The normalized spacial score (nSPS) is 28.6. The highest BCUT2D eigenvalue weighted by molar-refractivity contribution is 9.10. The molecular weight excluding hydrogens is 408 g/mol. The minimum absolute atomic E-state index is 0.0326. The van der Waals surface area contributed by atoms with Gasteiger partial charge in [-0.25, -0.2) is 5.43 Å². The van der Waals surface area contributed by atoms with Crippen molar-refractivity contribution in [2.45, 2.75) is 50.6 Å². The van der Waals surface area contributed by atoms with Crippen LogP contribution in [0.25, 0.3) is 0 Å². The number of hydrazine groups is 1. The largest absolute Gasteiger partial charge is 0.341 e. The van der Waals surface area contributed by atoms with Crippen LogP contribution in [0.1, 0.15) is 38.5 Å². The first-order valence-corrected chi connectivity index (χ1v) is 10.8. The van der Waals surface area contributed by atoms with Crippen LogP contribution >= 0.6 is 15.9 Å². The Morgan fingerprint density at radius 1 is 1.00 bits per heavy atom. The molecule has 3 atom stereocenters. The Balaban J connectivity index is 1.29. The summed E-state index contributed by atoms with van der Waals surface area (Å²) in [5.41, 5.74) is 7.38. The lowest BCUT2D eigenvalue weighted by Crippen LogP contribution is -2.51. The molecule has 2 amide bonds. The standard InChI is InChI=1S/C20H27BrN4O2/c21-14-5-7-15(8-6-14)22-19(26)13-9-11-25(12-10-13)20(27)18-16-3-1-2-4-17(16)23-24-18/h5-8,13,16-18,23-24H,1-4,9-12H2,(H,22,26). The van der Waals surface area contributed by atoms with E-state index >= 15 is 0 Å². The molecule has 7 heteroatoms. The van der Waals surface area contributed by atoms with E-state index in [0.717, 1.165) is 35.8 Å². The lowest BCUT2D eigenvalue weighted by molar-refractivity contribution is -0.137. The fourth-order valence-corrected chi connectivity index (χ4v) is 4.89. The van der Waals surface area contributed by atoms with E-state index in [1.165, 1.54) is 12.8 Å². The Morgan fingerprint density at radius 3 is 2.44 bits per heavy atom. The molecule has 0 bridgehead atoms. The second-order valence-corrected chi connectivity index (χ2v) is 8.83. The van der Waals surface area contributed by atoms with E-state index in [0.29, 0.717) is 25.0 Å². The summed E-state index contributed by atoms with van der Waals surface area (Å²) >= 11 is 3.40. The number of nitrogens with one attached hydrogen (secondary N) is 3. The van der Waals surface area contributed by atoms with Gasteiger partial charge in [0.1, 0.15) is 6.04 Å². The lowest BCUT2D eigenvalue weighted by atomic mass is 9.81. The molecule has 1 aromatic rings. The van der Waals surface area contributed by atoms with Gasteiger partial charge >= 0.3 is 0 Å². The first-order chi connectivity index (χ1) is 13.1. The van der Waals surface area contributed by atoms with Gasteiger partial charge in [0, 0.05) is 41.1 Å². The van der Waals surface area contributed by atoms with Crippen molar-refractivity contribution in [1.29, 1.82) is 0 Å². The van der Waals surface area contributed by atoms with Gasteiger partial charge in [-0.1, -0.05) is 28.8 Å². The maximum absolute atomic E-state index is 13.0.